The molecule has 1 heterocycles. The van der Waals surface area contributed by atoms with Gasteiger partial charge in [-0.05, 0) is 12.1 Å². The molecule has 0 bridgehead atoms. The van der Waals surface area contributed by atoms with E-state index in [-0.39, 0.29) is 12.5 Å². The molecule has 2 N–H and O–H groups in total. The summed E-state index contributed by atoms with van der Waals surface area (Å²) >= 11 is 0. The number of aromatic nitrogens is 1. The van der Waals surface area contributed by atoms with Crippen LogP contribution in [0.1, 0.15) is 5.69 Å². The summed E-state index contributed by atoms with van der Waals surface area (Å²) in [5.74, 6) is 0.384. The molecule has 110 valence electrons. The molecular formula is C14H21N3O3. The molecule has 1 amide bonds. The number of nitrogens with one attached hydrogen (secondary N) is 2. The second-order valence-corrected chi connectivity index (χ2v) is 4.04. The third-order valence-electron chi connectivity index (χ3n) is 2.40. The van der Waals surface area contributed by atoms with Gasteiger partial charge in [0.2, 0.25) is 0 Å². The van der Waals surface area contributed by atoms with Crippen molar-refractivity contribution in [2.24, 2.45) is 0 Å². The summed E-state index contributed by atoms with van der Waals surface area (Å²) in [5, 5.41) is 5.82. The Morgan fingerprint density at radius 2 is 2.35 bits per heavy atom. The summed E-state index contributed by atoms with van der Waals surface area (Å²) in [7, 11) is 1.66. The average Bonchev–Trinajstić information content (AvgIpc) is 2.48. The zero-order valence-electron chi connectivity index (χ0n) is 11.7. The number of amides is 1. The molecule has 1 aromatic heterocycles. The van der Waals surface area contributed by atoms with Gasteiger partial charge in [0, 0.05) is 26.7 Å². The Labute approximate surface area is 119 Å². The van der Waals surface area contributed by atoms with E-state index in [0.717, 1.165) is 12.2 Å². The van der Waals surface area contributed by atoms with Gasteiger partial charge in [0.1, 0.15) is 5.75 Å². The third kappa shape index (κ3) is 6.86. The second-order valence-electron chi connectivity index (χ2n) is 4.04. The van der Waals surface area contributed by atoms with E-state index < -0.39 is 0 Å². The molecule has 20 heavy (non-hydrogen) atoms. The van der Waals surface area contributed by atoms with Crippen molar-refractivity contribution in [2.75, 3.05) is 33.4 Å². The van der Waals surface area contributed by atoms with Crippen LogP contribution >= 0.6 is 0 Å². The molecule has 0 fully saturated rings. The average molecular weight is 279 g/mol. The second kappa shape index (κ2) is 9.94. The van der Waals surface area contributed by atoms with Gasteiger partial charge in [-0.15, -0.1) is 6.58 Å². The Morgan fingerprint density at radius 3 is 3.00 bits per heavy atom. The highest BCUT2D eigenvalue weighted by atomic mass is 16.5. The molecule has 6 nitrogen and oxygen atoms in total. The first-order valence-electron chi connectivity index (χ1n) is 6.41. The number of rotatable bonds is 10. The summed E-state index contributed by atoms with van der Waals surface area (Å²) in [4.78, 5) is 15.6. The van der Waals surface area contributed by atoms with Crippen LogP contribution in [0.25, 0.3) is 0 Å². The molecule has 0 spiro atoms. The molecule has 0 atom stereocenters. The maximum Gasteiger partial charge on any atom is 0.258 e. The minimum absolute atomic E-state index is 0.0268. The van der Waals surface area contributed by atoms with E-state index in [9.17, 15) is 4.79 Å². The predicted octanol–water partition coefficient (Wildman–Crippen LogP) is 0.499. The van der Waals surface area contributed by atoms with Crippen molar-refractivity contribution in [1.82, 2.24) is 15.6 Å². The maximum absolute atomic E-state index is 11.3. The van der Waals surface area contributed by atoms with Gasteiger partial charge >= 0.3 is 0 Å². The highest BCUT2D eigenvalue weighted by Gasteiger charge is 2.02. The van der Waals surface area contributed by atoms with Crippen molar-refractivity contribution >= 4 is 5.91 Å². The summed E-state index contributed by atoms with van der Waals surface area (Å²) in [6.45, 7) is 6.04. The first-order chi connectivity index (χ1) is 9.76. The normalized spacial score (nSPS) is 10.1. The van der Waals surface area contributed by atoms with Crippen LogP contribution in [0.4, 0.5) is 0 Å². The number of nitrogens with zero attached hydrogens (tertiary/aromatic N) is 1. The SMILES string of the molecule is C=CCNC(=O)COc1ccc(CNCCOC)nc1. The lowest BCUT2D eigenvalue weighted by molar-refractivity contribution is -0.122. The van der Waals surface area contributed by atoms with Crippen LogP contribution in [0.2, 0.25) is 0 Å². The fourth-order valence-electron chi connectivity index (χ4n) is 1.38. The summed E-state index contributed by atoms with van der Waals surface area (Å²) in [5.41, 5.74) is 0.907. The van der Waals surface area contributed by atoms with Crippen LogP contribution in [-0.4, -0.2) is 44.3 Å². The Hall–Kier alpha value is -1.92. The minimum Gasteiger partial charge on any atom is -0.482 e. The molecule has 0 aromatic carbocycles. The molecule has 0 aliphatic rings. The first kappa shape index (κ1) is 16.1. The van der Waals surface area contributed by atoms with Gasteiger partial charge in [0.15, 0.2) is 6.61 Å². The van der Waals surface area contributed by atoms with E-state index in [1.807, 2.05) is 6.07 Å². The molecule has 0 aliphatic heterocycles. The summed E-state index contributed by atoms with van der Waals surface area (Å²) in [6.07, 6.45) is 3.22. The standard InChI is InChI=1S/C14H21N3O3/c1-3-6-16-14(18)11-20-13-5-4-12(17-10-13)9-15-7-8-19-2/h3-5,10,15H,1,6-9,11H2,2H3,(H,16,18). The number of carbonyl (C=O) groups excluding carboxylic acids is 1. The van der Waals surface area contributed by atoms with E-state index in [0.29, 0.717) is 25.4 Å². The molecule has 0 aliphatic carbocycles. The van der Waals surface area contributed by atoms with E-state index in [1.54, 1.807) is 25.4 Å². The molecule has 1 aromatic rings. The number of carbonyl (C=O) groups is 1. The fraction of sp³-hybridized carbons (Fsp3) is 0.429. The fourth-order valence-corrected chi connectivity index (χ4v) is 1.38. The van der Waals surface area contributed by atoms with E-state index in [4.69, 9.17) is 9.47 Å². The van der Waals surface area contributed by atoms with Crippen LogP contribution in [0, 0.1) is 0 Å². The first-order valence-corrected chi connectivity index (χ1v) is 6.41. The Morgan fingerprint density at radius 1 is 1.50 bits per heavy atom. The molecule has 0 saturated carbocycles. The summed E-state index contributed by atoms with van der Waals surface area (Å²) < 4.78 is 10.2. The minimum atomic E-state index is -0.185. The lowest BCUT2D eigenvalue weighted by Crippen LogP contribution is -2.28. The number of hydrogen-bond acceptors (Lipinski definition) is 5. The molecule has 6 heteroatoms. The van der Waals surface area contributed by atoms with Crippen molar-refractivity contribution in [2.45, 2.75) is 6.54 Å². The largest absolute Gasteiger partial charge is 0.482 e. The molecule has 0 radical (unpaired) electrons. The van der Waals surface area contributed by atoms with Crippen LogP contribution in [0.15, 0.2) is 31.0 Å². The molecule has 1 rings (SSSR count). The monoisotopic (exact) mass is 279 g/mol. The van der Waals surface area contributed by atoms with Crippen molar-refractivity contribution in [3.63, 3.8) is 0 Å². The van der Waals surface area contributed by atoms with Crippen LogP contribution in [0.3, 0.4) is 0 Å². The Kier molecular flexibility index (Phi) is 8.02. The van der Waals surface area contributed by atoms with Crippen LogP contribution < -0.4 is 15.4 Å². The predicted molar refractivity (Wildman–Crippen MR) is 76.5 cm³/mol. The smallest absolute Gasteiger partial charge is 0.258 e. The lowest BCUT2D eigenvalue weighted by atomic mass is 10.3. The van der Waals surface area contributed by atoms with Crippen molar-refractivity contribution < 1.29 is 14.3 Å². The quantitative estimate of drug-likeness (QED) is 0.482. The third-order valence-corrected chi connectivity index (χ3v) is 2.40. The highest BCUT2D eigenvalue weighted by Crippen LogP contribution is 2.08. The molecule has 0 saturated heterocycles. The van der Waals surface area contributed by atoms with Crippen molar-refractivity contribution in [3.8, 4) is 5.75 Å². The number of ether oxygens (including phenoxy) is 2. The molecular weight excluding hydrogens is 258 g/mol. The van der Waals surface area contributed by atoms with Crippen molar-refractivity contribution in [1.29, 1.82) is 0 Å². The number of methoxy groups -OCH3 is 1. The zero-order valence-corrected chi connectivity index (χ0v) is 11.7. The van der Waals surface area contributed by atoms with E-state index in [1.165, 1.54) is 0 Å². The van der Waals surface area contributed by atoms with Gasteiger partial charge < -0.3 is 20.1 Å². The topological polar surface area (TPSA) is 72.5 Å². The van der Waals surface area contributed by atoms with Gasteiger partial charge in [-0.1, -0.05) is 6.08 Å². The van der Waals surface area contributed by atoms with Gasteiger partial charge in [-0.2, -0.15) is 0 Å². The highest BCUT2D eigenvalue weighted by molar-refractivity contribution is 5.77. The van der Waals surface area contributed by atoms with Crippen molar-refractivity contribution in [3.05, 3.63) is 36.7 Å². The molecule has 0 unspecified atom stereocenters. The lowest BCUT2D eigenvalue weighted by Gasteiger charge is -2.07. The van der Waals surface area contributed by atoms with Gasteiger partial charge in [-0.25, -0.2) is 0 Å². The number of hydrogen-bond donors (Lipinski definition) is 2. The van der Waals surface area contributed by atoms with Crippen LogP contribution in [0.5, 0.6) is 5.75 Å². The zero-order chi connectivity index (χ0) is 14.6. The maximum atomic E-state index is 11.3. The van der Waals surface area contributed by atoms with E-state index in [2.05, 4.69) is 22.2 Å². The van der Waals surface area contributed by atoms with Gasteiger partial charge in [-0.3, -0.25) is 9.78 Å². The van der Waals surface area contributed by atoms with Crippen LogP contribution in [-0.2, 0) is 16.1 Å². The van der Waals surface area contributed by atoms with E-state index >= 15 is 0 Å². The Balaban J connectivity index is 2.27. The Bertz CT molecular complexity index is 407. The number of pyridine rings is 1. The van der Waals surface area contributed by atoms with Gasteiger partial charge in [0.25, 0.3) is 5.91 Å². The van der Waals surface area contributed by atoms with Gasteiger partial charge in [0.05, 0.1) is 18.5 Å². The summed E-state index contributed by atoms with van der Waals surface area (Å²) in [6, 6.07) is 3.65.